The van der Waals surface area contributed by atoms with E-state index in [-0.39, 0.29) is 5.91 Å². The number of rotatable bonds is 2. The fraction of sp³-hybridized carbons (Fsp3) is 0.429. The van der Waals surface area contributed by atoms with E-state index in [2.05, 4.69) is 22.1 Å². The Morgan fingerprint density at radius 2 is 2.40 bits per heavy atom. The van der Waals surface area contributed by atoms with E-state index in [0.717, 1.165) is 30.4 Å². The standard InChI is InChI=1S/C14H16FN3OS/c1-8-3-4-11-10(8)5-9(7-18(11)2)13(19)17-14-16-6-12(15)20-14/h5-6,8H,3-4,7H2,1-2H3,(H,16,17,19). The first-order chi connectivity index (χ1) is 9.54. The highest BCUT2D eigenvalue weighted by molar-refractivity contribution is 7.14. The van der Waals surface area contributed by atoms with Crippen molar-refractivity contribution in [2.45, 2.75) is 19.8 Å². The molecule has 1 unspecified atom stereocenters. The van der Waals surface area contributed by atoms with Crippen LogP contribution in [0.25, 0.3) is 0 Å². The van der Waals surface area contributed by atoms with Gasteiger partial charge >= 0.3 is 0 Å². The third kappa shape index (κ3) is 2.35. The highest BCUT2D eigenvalue weighted by atomic mass is 32.1. The van der Waals surface area contributed by atoms with Gasteiger partial charge in [0.15, 0.2) is 10.3 Å². The van der Waals surface area contributed by atoms with Crippen LogP contribution in [0.3, 0.4) is 0 Å². The number of anilines is 1. The van der Waals surface area contributed by atoms with Crippen LogP contribution in [0.5, 0.6) is 0 Å². The molecule has 1 atom stereocenters. The summed E-state index contributed by atoms with van der Waals surface area (Å²) in [6.07, 6.45) is 5.32. The molecular weight excluding hydrogens is 277 g/mol. The van der Waals surface area contributed by atoms with E-state index in [4.69, 9.17) is 0 Å². The van der Waals surface area contributed by atoms with Crippen LogP contribution in [0.2, 0.25) is 0 Å². The maximum atomic E-state index is 12.9. The molecular formula is C14H16FN3OS. The van der Waals surface area contributed by atoms with Gasteiger partial charge in [0.2, 0.25) is 0 Å². The van der Waals surface area contributed by atoms with Gasteiger partial charge < -0.3 is 4.90 Å². The van der Waals surface area contributed by atoms with Gasteiger partial charge in [-0.05, 0) is 30.4 Å². The van der Waals surface area contributed by atoms with Crippen molar-refractivity contribution in [2.75, 3.05) is 18.9 Å². The molecule has 0 saturated carbocycles. The number of thiazole rings is 1. The van der Waals surface area contributed by atoms with Gasteiger partial charge in [0, 0.05) is 24.9 Å². The van der Waals surface area contributed by atoms with E-state index in [1.54, 1.807) is 0 Å². The molecule has 4 nitrogen and oxygen atoms in total. The maximum Gasteiger partial charge on any atom is 0.255 e. The zero-order valence-corrected chi connectivity index (χ0v) is 12.3. The Morgan fingerprint density at radius 3 is 3.10 bits per heavy atom. The van der Waals surface area contributed by atoms with Crippen molar-refractivity contribution < 1.29 is 9.18 Å². The monoisotopic (exact) mass is 293 g/mol. The summed E-state index contributed by atoms with van der Waals surface area (Å²) < 4.78 is 12.9. The van der Waals surface area contributed by atoms with Crippen LogP contribution in [0.1, 0.15) is 19.8 Å². The number of hydrogen-bond donors (Lipinski definition) is 1. The third-order valence-electron chi connectivity index (χ3n) is 3.87. The molecule has 1 aliphatic carbocycles. The summed E-state index contributed by atoms with van der Waals surface area (Å²) in [5.41, 5.74) is 3.30. The number of nitrogens with zero attached hydrogens (tertiary/aromatic N) is 2. The van der Waals surface area contributed by atoms with Crippen molar-refractivity contribution in [3.05, 3.63) is 34.2 Å². The Bertz CT molecular complexity index is 620. The number of halogens is 1. The lowest BCUT2D eigenvalue weighted by Crippen LogP contribution is -2.29. The van der Waals surface area contributed by atoms with Gasteiger partial charge in [-0.2, -0.15) is 4.39 Å². The van der Waals surface area contributed by atoms with E-state index >= 15 is 0 Å². The van der Waals surface area contributed by atoms with Crippen molar-refractivity contribution in [1.29, 1.82) is 0 Å². The van der Waals surface area contributed by atoms with Crippen LogP contribution < -0.4 is 5.32 Å². The van der Waals surface area contributed by atoms with Crippen LogP contribution in [0.15, 0.2) is 29.1 Å². The lowest BCUT2D eigenvalue weighted by atomic mass is 9.98. The average Bonchev–Trinajstić information content (AvgIpc) is 2.97. The van der Waals surface area contributed by atoms with Crippen LogP contribution in [0, 0.1) is 11.0 Å². The lowest BCUT2D eigenvalue weighted by Gasteiger charge is -2.27. The van der Waals surface area contributed by atoms with Crippen LogP contribution in [-0.4, -0.2) is 29.4 Å². The molecule has 3 rings (SSSR count). The minimum atomic E-state index is -0.399. The Kier molecular flexibility index (Phi) is 3.33. The van der Waals surface area contributed by atoms with Gasteiger partial charge in [0.25, 0.3) is 5.91 Å². The van der Waals surface area contributed by atoms with Gasteiger partial charge in [0.1, 0.15) is 0 Å². The predicted molar refractivity (Wildman–Crippen MR) is 76.8 cm³/mol. The second-order valence-electron chi connectivity index (χ2n) is 5.29. The SMILES string of the molecule is CC1CCC2=C1C=C(C(=O)Nc1ncc(F)s1)CN2C. The van der Waals surface area contributed by atoms with Crippen LogP contribution in [0.4, 0.5) is 9.52 Å². The second kappa shape index (κ2) is 5.01. The molecule has 1 aliphatic heterocycles. The highest BCUT2D eigenvalue weighted by Gasteiger charge is 2.29. The number of carbonyl (C=O) groups is 1. The number of aromatic nitrogens is 1. The van der Waals surface area contributed by atoms with Gasteiger partial charge in [0.05, 0.1) is 6.20 Å². The molecule has 0 aromatic carbocycles. The van der Waals surface area contributed by atoms with Crippen molar-refractivity contribution >= 4 is 22.4 Å². The van der Waals surface area contributed by atoms with E-state index in [1.165, 1.54) is 11.3 Å². The maximum absolute atomic E-state index is 12.9. The smallest absolute Gasteiger partial charge is 0.255 e. The molecule has 1 aromatic rings. The average molecular weight is 293 g/mol. The Balaban J connectivity index is 1.80. The van der Waals surface area contributed by atoms with Gasteiger partial charge in [-0.1, -0.05) is 18.3 Å². The Labute approximate surface area is 121 Å². The van der Waals surface area contributed by atoms with Crippen LogP contribution >= 0.6 is 11.3 Å². The van der Waals surface area contributed by atoms with Crippen molar-refractivity contribution in [3.8, 4) is 0 Å². The first-order valence-corrected chi connectivity index (χ1v) is 7.43. The van der Waals surface area contributed by atoms with Crippen molar-refractivity contribution in [1.82, 2.24) is 9.88 Å². The fourth-order valence-corrected chi connectivity index (χ4v) is 3.32. The minimum Gasteiger partial charge on any atom is -0.373 e. The molecule has 0 bridgehead atoms. The van der Waals surface area contributed by atoms with E-state index in [9.17, 15) is 9.18 Å². The third-order valence-corrected chi connectivity index (χ3v) is 4.57. The summed E-state index contributed by atoms with van der Waals surface area (Å²) in [4.78, 5) is 18.2. The Morgan fingerprint density at radius 1 is 1.60 bits per heavy atom. The molecule has 0 radical (unpaired) electrons. The van der Waals surface area contributed by atoms with E-state index in [0.29, 0.717) is 23.2 Å². The second-order valence-corrected chi connectivity index (χ2v) is 6.27. The molecule has 20 heavy (non-hydrogen) atoms. The molecule has 1 aromatic heterocycles. The van der Waals surface area contributed by atoms with Crippen LogP contribution in [-0.2, 0) is 4.79 Å². The summed E-state index contributed by atoms with van der Waals surface area (Å²) >= 11 is 0.838. The largest absolute Gasteiger partial charge is 0.373 e. The number of likely N-dealkylation sites (N-methyl/N-ethyl adjacent to an activating group) is 1. The van der Waals surface area contributed by atoms with Gasteiger partial charge in [-0.3, -0.25) is 10.1 Å². The molecule has 2 aliphatic rings. The summed E-state index contributed by atoms with van der Waals surface area (Å²) in [7, 11) is 2.01. The molecule has 0 spiro atoms. The summed E-state index contributed by atoms with van der Waals surface area (Å²) in [6, 6.07) is 0. The van der Waals surface area contributed by atoms with E-state index in [1.807, 2.05) is 13.1 Å². The molecule has 1 N–H and O–H groups in total. The highest BCUT2D eigenvalue weighted by Crippen LogP contribution is 2.37. The zero-order valence-electron chi connectivity index (χ0n) is 11.4. The molecule has 0 saturated heterocycles. The van der Waals surface area contributed by atoms with Gasteiger partial charge in [-0.15, -0.1) is 0 Å². The first-order valence-electron chi connectivity index (χ1n) is 6.62. The topological polar surface area (TPSA) is 45.2 Å². The number of carbonyl (C=O) groups excluding carboxylic acids is 1. The number of allylic oxidation sites excluding steroid dienone is 3. The van der Waals surface area contributed by atoms with Gasteiger partial charge in [-0.25, -0.2) is 4.98 Å². The number of amides is 1. The summed E-state index contributed by atoms with van der Waals surface area (Å²) in [5.74, 6) is 0.296. The normalized spacial score (nSPS) is 21.9. The minimum absolute atomic E-state index is 0.197. The Hall–Kier alpha value is -1.69. The van der Waals surface area contributed by atoms with Crippen molar-refractivity contribution in [2.24, 2.45) is 5.92 Å². The lowest BCUT2D eigenvalue weighted by molar-refractivity contribution is -0.113. The molecule has 2 heterocycles. The zero-order chi connectivity index (χ0) is 14.3. The number of hydrogen-bond acceptors (Lipinski definition) is 4. The van der Waals surface area contributed by atoms with E-state index < -0.39 is 5.13 Å². The summed E-state index contributed by atoms with van der Waals surface area (Å²) in [6.45, 7) is 2.77. The first kappa shape index (κ1) is 13.3. The fourth-order valence-electron chi connectivity index (χ4n) is 2.79. The molecule has 106 valence electrons. The number of nitrogens with one attached hydrogen (secondary N) is 1. The van der Waals surface area contributed by atoms with Crippen molar-refractivity contribution in [3.63, 3.8) is 0 Å². The predicted octanol–water partition coefficient (Wildman–Crippen LogP) is 2.78. The quantitative estimate of drug-likeness (QED) is 0.912. The molecule has 6 heteroatoms. The summed E-state index contributed by atoms with van der Waals surface area (Å²) in [5, 5.41) is 2.56. The molecule has 1 amide bonds. The molecule has 0 fully saturated rings.